The quantitative estimate of drug-likeness (QED) is 0.906. The summed E-state index contributed by atoms with van der Waals surface area (Å²) in [7, 11) is 0. The molecule has 0 saturated heterocycles. The molecule has 0 fully saturated rings. The Balaban J connectivity index is 2.31. The third-order valence-corrected chi connectivity index (χ3v) is 4.31. The molecule has 104 valence electrons. The number of aryl methyl sites for hydroxylation is 1. The maximum Gasteiger partial charge on any atom is 0.346 e. The van der Waals surface area contributed by atoms with Gasteiger partial charge in [0.15, 0.2) is 0 Å². The Kier molecular flexibility index (Phi) is 3.90. The van der Waals surface area contributed by atoms with Crippen LogP contribution >= 0.6 is 11.3 Å². The van der Waals surface area contributed by atoms with E-state index < -0.39 is 11.9 Å². The van der Waals surface area contributed by atoms with Gasteiger partial charge in [-0.15, -0.1) is 11.3 Å². The number of anilines is 1. The Labute approximate surface area is 121 Å². The number of carbonyl (C=O) groups is 2. The van der Waals surface area contributed by atoms with Crippen molar-refractivity contribution < 1.29 is 14.7 Å². The monoisotopic (exact) mass is 289 g/mol. The molecule has 1 aromatic heterocycles. The molecule has 2 N–H and O–H groups in total. The van der Waals surface area contributed by atoms with Gasteiger partial charge >= 0.3 is 5.97 Å². The highest BCUT2D eigenvalue weighted by molar-refractivity contribution is 7.12. The second-order valence-electron chi connectivity index (χ2n) is 4.60. The fourth-order valence-corrected chi connectivity index (χ4v) is 2.66. The van der Waals surface area contributed by atoms with Gasteiger partial charge in [-0.2, -0.15) is 0 Å². The van der Waals surface area contributed by atoms with Crippen molar-refractivity contribution in [3.05, 3.63) is 50.7 Å². The van der Waals surface area contributed by atoms with E-state index in [1.807, 2.05) is 32.9 Å². The molecule has 0 aliphatic carbocycles. The van der Waals surface area contributed by atoms with Crippen LogP contribution in [0.25, 0.3) is 0 Å². The minimum absolute atomic E-state index is 0.0592. The number of hydrogen-bond acceptors (Lipinski definition) is 3. The van der Waals surface area contributed by atoms with Crippen LogP contribution in [0.4, 0.5) is 5.69 Å². The minimum atomic E-state index is -1.08. The first-order valence-electron chi connectivity index (χ1n) is 6.10. The molecule has 0 aliphatic heterocycles. The van der Waals surface area contributed by atoms with Gasteiger partial charge in [-0.25, -0.2) is 4.79 Å². The van der Waals surface area contributed by atoms with Gasteiger partial charge in [-0.05, 0) is 55.0 Å². The van der Waals surface area contributed by atoms with Crippen LogP contribution in [0.5, 0.6) is 0 Å². The molecule has 2 aromatic rings. The van der Waals surface area contributed by atoms with Gasteiger partial charge in [-0.3, -0.25) is 4.79 Å². The zero-order valence-electron chi connectivity index (χ0n) is 11.5. The third-order valence-electron chi connectivity index (χ3n) is 3.41. The largest absolute Gasteiger partial charge is 0.477 e. The van der Waals surface area contributed by atoms with Crippen LogP contribution in [0.15, 0.2) is 23.6 Å². The number of carboxylic acid groups (broad SMARTS) is 1. The van der Waals surface area contributed by atoms with Gasteiger partial charge in [0.2, 0.25) is 0 Å². The summed E-state index contributed by atoms with van der Waals surface area (Å²) in [4.78, 5) is 23.3. The van der Waals surface area contributed by atoms with E-state index >= 15 is 0 Å². The lowest BCUT2D eigenvalue weighted by atomic mass is 10.0. The Morgan fingerprint density at radius 3 is 2.45 bits per heavy atom. The summed E-state index contributed by atoms with van der Waals surface area (Å²) in [6.07, 6.45) is 0. The van der Waals surface area contributed by atoms with E-state index in [9.17, 15) is 9.59 Å². The summed E-state index contributed by atoms with van der Waals surface area (Å²) in [6.45, 7) is 5.94. The number of thiophene rings is 1. The van der Waals surface area contributed by atoms with Crippen molar-refractivity contribution in [1.29, 1.82) is 0 Å². The number of rotatable bonds is 3. The van der Waals surface area contributed by atoms with Crippen molar-refractivity contribution in [3.63, 3.8) is 0 Å². The molecule has 0 radical (unpaired) electrons. The van der Waals surface area contributed by atoms with Crippen molar-refractivity contribution in [1.82, 2.24) is 0 Å². The molecule has 1 amide bonds. The second kappa shape index (κ2) is 5.46. The van der Waals surface area contributed by atoms with Gasteiger partial charge < -0.3 is 10.4 Å². The van der Waals surface area contributed by atoms with Crippen LogP contribution in [-0.2, 0) is 0 Å². The average Bonchev–Trinajstić information content (AvgIpc) is 2.89. The molecule has 1 aromatic carbocycles. The van der Waals surface area contributed by atoms with Gasteiger partial charge in [0.25, 0.3) is 5.91 Å². The molecule has 0 aliphatic rings. The standard InChI is InChI=1S/C15H15NO3S/c1-8-4-5-12(10(3)9(8)2)16-14(17)11-6-7-20-13(11)15(18)19/h4-7H,1-3H3,(H,16,17)(H,18,19). The highest BCUT2D eigenvalue weighted by Crippen LogP contribution is 2.23. The van der Waals surface area contributed by atoms with E-state index in [0.29, 0.717) is 5.69 Å². The molecule has 0 unspecified atom stereocenters. The fourth-order valence-electron chi connectivity index (χ4n) is 1.93. The van der Waals surface area contributed by atoms with Crippen LogP contribution < -0.4 is 5.32 Å². The summed E-state index contributed by atoms with van der Waals surface area (Å²) in [5.41, 5.74) is 4.17. The Morgan fingerprint density at radius 1 is 1.10 bits per heavy atom. The van der Waals surface area contributed by atoms with E-state index in [1.165, 1.54) is 6.07 Å². The maximum absolute atomic E-state index is 12.2. The molecule has 2 rings (SSSR count). The van der Waals surface area contributed by atoms with Crippen molar-refractivity contribution in [2.24, 2.45) is 0 Å². The topological polar surface area (TPSA) is 66.4 Å². The van der Waals surface area contributed by atoms with Gasteiger partial charge in [-0.1, -0.05) is 6.07 Å². The highest BCUT2D eigenvalue weighted by atomic mass is 32.1. The number of amides is 1. The predicted octanol–water partition coefficient (Wildman–Crippen LogP) is 3.62. The second-order valence-corrected chi connectivity index (χ2v) is 5.52. The van der Waals surface area contributed by atoms with Crippen LogP contribution in [0.1, 0.15) is 36.7 Å². The molecule has 0 atom stereocenters. The first-order valence-corrected chi connectivity index (χ1v) is 6.98. The van der Waals surface area contributed by atoms with E-state index in [-0.39, 0.29) is 10.4 Å². The van der Waals surface area contributed by atoms with E-state index in [4.69, 9.17) is 5.11 Å². The number of hydrogen-bond donors (Lipinski definition) is 2. The molecule has 1 heterocycles. The van der Waals surface area contributed by atoms with Gasteiger partial charge in [0, 0.05) is 5.69 Å². The number of carboxylic acids is 1. The SMILES string of the molecule is Cc1ccc(NC(=O)c2ccsc2C(=O)O)c(C)c1C. The van der Waals surface area contributed by atoms with E-state index in [2.05, 4.69) is 5.32 Å². The average molecular weight is 289 g/mol. The fraction of sp³-hybridized carbons (Fsp3) is 0.200. The Hall–Kier alpha value is -2.14. The van der Waals surface area contributed by atoms with Gasteiger partial charge in [0.1, 0.15) is 4.88 Å². The zero-order valence-corrected chi connectivity index (χ0v) is 12.3. The van der Waals surface area contributed by atoms with E-state index in [0.717, 1.165) is 28.0 Å². The Morgan fingerprint density at radius 2 is 1.80 bits per heavy atom. The molecule has 0 spiro atoms. The van der Waals surface area contributed by atoms with Crippen molar-refractivity contribution in [2.45, 2.75) is 20.8 Å². The molecule has 0 saturated carbocycles. The normalized spacial score (nSPS) is 10.3. The minimum Gasteiger partial charge on any atom is -0.477 e. The van der Waals surface area contributed by atoms with Crippen LogP contribution in [0, 0.1) is 20.8 Å². The number of nitrogens with one attached hydrogen (secondary N) is 1. The lowest BCUT2D eigenvalue weighted by Gasteiger charge is -2.12. The summed E-state index contributed by atoms with van der Waals surface area (Å²) < 4.78 is 0. The molecular weight excluding hydrogens is 274 g/mol. The van der Waals surface area contributed by atoms with Crippen molar-refractivity contribution in [3.8, 4) is 0 Å². The summed E-state index contributed by atoms with van der Waals surface area (Å²) in [5, 5.41) is 13.4. The molecule has 20 heavy (non-hydrogen) atoms. The lowest BCUT2D eigenvalue weighted by molar-refractivity contribution is 0.0698. The van der Waals surface area contributed by atoms with Crippen LogP contribution in [0.2, 0.25) is 0 Å². The predicted molar refractivity (Wildman–Crippen MR) is 79.9 cm³/mol. The lowest BCUT2D eigenvalue weighted by Crippen LogP contribution is -2.15. The molecule has 5 heteroatoms. The van der Waals surface area contributed by atoms with Crippen molar-refractivity contribution in [2.75, 3.05) is 5.32 Å². The highest BCUT2D eigenvalue weighted by Gasteiger charge is 2.18. The summed E-state index contributed by atoms with van der Waals surface area (Å²) in [5.74, 6) is -1.48. The van der Waals surface area contributed by atoms with Gasteiger partial charge in [0.05, 0.1) is 5.56 Å². The third kappa shape index (κ3) is 2.58. The molecular formula is C15H15NO3S. The molecule has 4 nitrogen and oxygen atoms in total. The zero-order chi connectivity index (χ0) is 14.9. The Bertz CT molecular complexity index is 688. The van der Waals surface area contributed by atoms with Crippen LogP contribution in [0.3, 0.4) is 0 Å². The molecule has 0 bridgehead atoms. The number of benzene rings is 1. The van der Waals surface area contributed by atoms with E-state index in [1.54, 1.807) is 5.38 Å². The first-order chi connectivity index (χ1) is 9.41. The smallest absolute Gasteiger partial charge is 0.346 e. The summed E-state index contributed by atoms with van der Waals surface area (Å²) >= 11 is 1.05. The number of aromatic carboxylic acids is 1. The van der Waals surface area contributed by atoms with Crippen molar-refractivity contribution >= 4 is 28.9 Å². The summed E-state index contributed by atoms with van der Waals surface area (Å²) in [6, 6.07) is 5.30. The maximum atomic E-state index is 12.2. The number of carbonyl (C=O) groups excluding carboxylic acids is 1. The van der Waals surface area contributed by atoms with Crippen LogP contribution in [-0.4, -0.2) is 17.0 Å². The first kappa shape index (κ1) is 14.3.